The molecule has 0 spiro atoms. The number of carbonyl (C=O) groups excluding carboxylic acids is 2. The van der Waals surface area contributed by atoms with Crippen LogP contribution >= 0.6 is 0 Å². The third kappa shape index (κ3) is 2.79. The van der Waals surface area contributed by atoms with Crippen molar-refractivity contribution in [2.75, 3.05) is 13.1 Å². The molecule has 128 valence electrons. The second-order valence-corrected chi connectivity index (χ2v) is 7.85. The van der Waals surface area contributed by atoms with Crippen molar-refractivity contribution in [2.24, 2.45) is 11.3 Å². The molecule has 0 radical (unpaired) electrons. The molecule has 1 saturated carbocycles. The Balaban J connectivity index is 1.79. The maximum absolute atomic E-state index is 12.8. The number of hydrogen-bond donors (Lipinski definition) is 1. The molecule has 2 atom stereocenters. The lowest BCUT2D eigenvalue weighted by Gasteiger charge is -2.30. The molecule has 0 bridgehead atoms. The summed E-state index contributed by atoms with van der Waals surface area (Å²) in [4.78, 5) is 30.1. The van der Waals surface area contributed by atoms with Crippen LogP contribution in [0, 0.1) is 22.7 Å². The Morgan fingerprint density at radius 3 is 2.83 bits per heavy atom. The number of nitriles is 1. The number of nitrogens with one attached hydrogen (secondary N) is 1. The van der Waals surface area contributed by atoms with Gasteiger partial charge >= 0.3 is 5.97 Å². The fraction of sp³-hybridized carbons (Fsp3) is 0.611. The molecule has 1 saturated heterocycles. The summed E-state index contributed by atoms with van der Waals surface area (Å²) < 4.78 is 5.65. The maximum Gasteiger partial charge on any atom is 0.314 e. The Bertz CT molecular complexity index is 710. The zero-order chi connectivity index (χ0) is 17.5. The number of likely N-dealkylation sites (tertiary alicyclic amines) is 1. The van der Waals surface area contributed by atoms with Crippen LogP contribution in [-0.2, 0) is 9.53 Å². The summed E-state index contributed by atoms with van der Waals surface area (Å²) in [7, 11) is 0. The molecule has 6 nitrogen and oxygen atoms in total. The van der Waals surface area contributed by atoms with Crippen molar-refractivity contribution in [1.82, 2.24) is 9.88 Å². The van der Waals surface area contributed by atoms with Gasteiger partial charge in [-0.15, -0.1) is 0 Å². The van der Waals surface area contributed by atoms with Gasteiger partial charge in [-0.1, -0.05) is 6.42 Å². The Kier molecular flexibility index (Phi) is 3.90. The fourth-order valence-electron chi connectivity index (χ4n) is 3.91. The molecule has 1 aromatic rings. The molecule has 2 heterocycles. The van der Waals surface area contributed by atoms with Crippen molar-refractivity contribution in [3.8, 4) is 6.07 Å². The summed E-state index contributed by atoms with van der Waals surface area (Å²) >= 11 is 0. The monoisotopic (exact) mass is 329 g/mol. The number of aromatic amines is 1. The summed E-state index contributed by atoms with van der Waals surface area (Å²) in [5.74, 6) is -0.187. The Labute approximate surface area is 141 Å². The highest BCUT2D eigenvalue weighted by Gasteiger charge is 2.57. The first-order valence-corrected chi connectivity index (χ1v) is 8.36. The third-order valence-electron chi connectivity index (χ3n) is 5.01. The predicted octanol–water partition coefficient (Wildman–Crippen LogP) is 2.47. The number of esters is 1. The van der Waals surface area contributed by atoms with E-state index in [9.17, 15) is 9.59 Å². The molecule has 2 aliphatic rings. The van der Waals surface area contributed by atoms with E-state index in [0.717, 1.165) is 19.3 Å². The van der Waals surface area contributed by atoms with Gasteiger partial charge in [-0.3, -0.25) is 9.59 Å². The van der Waals surface area contributed by atoms with Crippen molar-refractivity contribution in [3.05, 3.63) is 23.5 Å². The second-order valence-electron chi connectivity index (χ2n) is 7.85. The largest absolute Gasteiger partial charge is 0.459 e. The van der Waals surface area contributed by atoms with Gasteiger partial charge in [-0.05, 0) is 45.6 Å². The maximum atomic E-state index is 12.8. The normalized spacial score (nSPS) is 26.1. The lowest BCUT2D eigenvalue weighted by Crippen LogP contribution is -2.41. The number of nitrogens with zero attached hydrogens (tertiary/aromatic N) is 2. The Morgan fingerprint density at radius 2 is 2.21 bits per heavy atom. The number of ether oxygens (including phenoxy) is 1. The molecular formula is C18H23N3O3. The van der Waals surface area contributed by atoms with Crippen molar-refractivity contribution >= 4 is 11.9 Å². The van der Waals surface area contributed by atoms with Gasteiger partial charge in [-0.2, -0.15) is 5.26 Å². The van der Waals surface area contributed by atoms with E-state index in [-0.39, 0.29) is 17.8 Å². The smallest absolute Gasteiger partial charge is 0.314 e. The average Bonchev–Trinajstić information content (AvgIpc) is 3.18. The average molecular weight is 329 g/mol. The number of hydrogen-bond acceptors (Lipinski definition) is 4. The van der Waals surface area contributed by atoms with E-state index >= 15 is 0 Å². The molecule has 1 amide bonds. The summed E-state index contributed by atoms with van der Waals surface area (Å²) in [5.41, 5.74) is -0.282. The molecule has 3 rings (SSSR count). The van der Waals surface area contributed by atoms with Gasteiger partial charge < -0.3 is 14.6 Å². The van der Waals surface area contributed by atoms with Crippen LogP contribution in [0.25, 0.3) is 0 Å². The van der Waals surface area contributed by atoms with Crippen LogP contribution in [0.1, 0.15) is 56.1 Å². The van der Waals surface area contributed by atoms with Crippen LogP contribution < -0.4 is 0 Å². The minimum Gasteiger partial charge on any atom is -0.459 e. The van der Waals surface area contributed by atoms with Crippen LogP contribution in [0.2, 0.25) is 0 Å². The van der Waals surface area contributed by atoms with Gasteiger partial charge in [0.25, 0.3) is 5.91 Å². The molecule has 0 unspecified atom stereocenters. The minimum absolute atomic E-state index is 0.154. The quantitative estimate of drug-likeness (QED) is 0.845. The minimum atomic E-state index is -0.576. The number of carbonyl (C=O) groups is 2. The highest BCUT2D eigenvalue weighted by Crippen LogP contribution is 2.50. The van der Waals surface area contributed by atoms with Gasteiger partial charge in [0.15, 0.2) is 0 Å². The first-order valence-electron chi connectivity index (χ1n) is 8.36. The van der Waals surface area contributed by atoms with Crippen LogP contribution in [0.3, 0.4) is 0 Å². The molecule has 1 aliphatic heterocycles. The van der Waals surface area contributed by atoms with Crippen LogP contribution in [0.15, 0.2) is 12.3 Å². The Hall–Kier alpha value is -2.29. The predicted molar refractivity (Wildman–Crippen MR) is 87.0 cm³/mol. The van der Waals surface area contributed by atoms with Gasteiger partial charge in [-0.25, -0.2) is 0 Å². The summed E-state index contributed by atoms with van der Waals surface area (Å²) in [5, 5.41) is 8.90. The fourth-order valence-corrected chi connectivity index (χ4v) is 3.91. The summed E-state index contributed by atoms with van der Waals surface area (Å²) in [6.45, 7) is 6.56. The summed E-state index contributed by atoms with van der Waals surface area (Å²) in [6.07, 6.45) is 4.22. The zero-order valence-electron chi connectivity index (χ0n) is 14.4. The molecule has 1 aliphatic carbocycles. The molecule has 2 fully saturated rings. The van der Waals surface area contributed by atoms with E-state index in [1.807, 2.05) is 26.8 Å². The van der Waals surface area contributed by atoms with Gasteiger partial charge in [0.2, 0.25) is 0 Å². The highest BCUT2D eigenvalue weighted by atomic mass is 16.6. The van der Waals surface area contributed by atoms with Crippen LogP contribution in [0.4, 0.5) is 0 Å². The molecular weight excluding hydrogens is 306 g/mol. The second kappa shape index (κ2) is 5.66. The zero-order valence-corrected chi connectivity index (χ0v) is 14.4. The number of rotatable bonds is 2. The van der Waals surface area contributed by atoms with E-state index in [4.69, 9.17) is 10.00 Å². The lowest BCUT2D eigenvalue weighted by atomic mass is 9.80. The van der Waals surface area contributed by atoms with E-state index in [1.54, 1.807) is 11.0 Å². The van der Waals surface area contributed by atoms with E-state index in [1.165, 1.54) is 6.20 Å². The van der Waals surface area contributed by atoms with Gasteiger partial charge in [0.05, 0.1) is 11.0 Å². The first kappa shape index (κ1) is 16.6. The van der Waals surface area contributed by atoms with Crippen molar-refractivity contribution < 1.29 is 14.3 Å². The SMILES string of the molecule is CC(C)(C)OC(=O)[C@@]12CCC[C@H]1CN(C(=O)c1cc(C#N)c[nH]1)C2. The molecule has 0 aromatic carbocycles. The number of H-pyrrole nitrogens is 1. The lowest BCUT2D eigenvalue weighted by molar-refractivity contribution is -0.168. The molecule has 24 heavy (non-hydrogen) atoms. The topological polar surface area (TPSA) is 86.2 Å². The first-order chi connectivity index (χ1) is 11.2. The van der Waals surface area contributed by atoms with Gasteiger partial charge in [0, 0.05) is 19.3 Å². The molecule has 6 heteroatoms. The Morgan fingerprint density at radius 1 is 1.46 bits per heavy atom. The summed E-state index contributed by atoms with van der Waals surface area (Å²) in [6, 6.07) is 3.56. The van der Waals surface area contributed by atoms with Crippen LogP contribution in [0.5, 0.6) is 0 Å². The number of fused-ring (bicyclic) bond motifs is 1. The highest BCUT2D eigenvalue weighted by molar-refractivity contribution is 5.94. The number of aromatic nitrogens is 1. The molecule has 1 aromatic heterocycles. The van der Waals surface area contributed by atoms with Gasteiger partial charge in [0.1, 0.15) is 17.4 Å². The van der Waals surface area contributed by atoms with E-state index in [2.05, 4.69) is 4.98 Å². The van der Waals surface area contributed by atoms with Crippen LogP contribution in [-0.4, -0.2) is 40.5 Å². The number of amides is 1. The third-order valence-corrected chi connectivity index (χ3v) is 5.01. The van der Waals surface area contributed by atoms with Crippen molar-refractivity contribution in [1.29, 1.82) is 5.26 Å². The van der Waals surface area contributed by atoms with E-state index in [0.29, 0.717) is 24.3 Å². The molecule has 1 N–H and O–H groups in total. The van der Waals surface area contributed by atoms with Crippen molar-refractivity contribution in [2.45, 2.75) is 45.6 Å². The standard InChI is InChI=1S/C18H23N3O3/c1-17(2,3)24-16(23)18-6-4-5-13(18)10-21(11-18)15(22)14-7-12(8-19)9-20-14/h7,9,13,20H,4-6,10-11H2,1-3H3/t13-,18+/m0/s1. The van der Waals surface area contributed by atoms with E-state index < -0.39 is 11.0 Å². The van der Waals surface area contributed by atoms with Crippen molar-refractivity contribution in [3.63, 3.8) is 0 Å².